The smallest absolute Gasteiger partial charge is 0.265 e. The minimum Gasteiger partial charge on any atom is -0.496 e. The summed E-state index contributed by atoms with van der Waals surface area (Å²) >= 11 is 1.34. The fourth-order valence-electron chi connectivity index (χ4n) is 3.16. The number of nitrogens with one attached hydrogen (secondary N) is 2. The molecular formula is C24H26N2O6S. The first-order valence-corrected chi connectivity index (χ1v) is 11.2. The highest BCUT2D eigenvalue weighted by Crippen LogP contribution is 2.38. The summed E-state index contributed by atoms with van der Waals surface area (Å²) in [7, 11) is 2.96. The molecule has 0 aliphatic rings. The maximum absolute atomic E-state index is 13.2. The Morgan fingerprint density at radius 2 is 1.33 bits per heavy atom. The maximum atomic E-state index is 13.2. The van der Waals surface area contributed by atoms with E-state index in [2.05, 4.69) is 10.6 Å². The van der Waals surface area contributed by atoms with Gasteiger partial charge in [-0.25, -0.2) is 0 Å². The van der Waals surface area contributed by atoms with Crippen molar-refractivity contribution < 1.29 is 28.5 Å². The molecule has 0 saturated carbocycles. The van der Waals surface area contributed by atoms with E-state index in [1.54, 1.807) is 42.5 Å². The Hall–Kier alpha value is -3.72. The quantitative estimate of drug-likeness (QED) is 0.430. The number of carbonyl (C=O) groups excluding carboxylic acids is 2. The van der Waals surface area contributed by atoms with Gasteiger partial charge >= 0.3 is 0 Å². The molecule has 2 N–H and O–H groups in total. The molecule has 9 heteroatoms. The summed E-state index contributed by atoms with van der Waals surface area (Å²) in [5, 5.41) is 7.54. The second kappa shape index (κ2) is 11.2. The van der Waals surface area contributed by atoms with Gasteiger partial charge in [0.15, 0.2) is 0 Å². The Kier molecular flexibility index (Phi) is 8.15. The number of benzene rings is 2. The Balaban J connectivity index is 1.98. The number of rotatable bonds is 10. The minimum atomic E-state index is -0.442. The van der Waals surface area contributed by atoms with Gasteiger partial charge in [0, 0.05) is 12.1 Å². The molecule has 3 rings (SSSR count). The monoisotopic (exact) mass is 470 g/mol. The Morgan fingerprint density at radius 1 is 0.788 bits per heavy atom. The van der Waals surface area contributed by atoms with Crippen LogP contribution in [-0.4, -0.2) is 39.2 Å². The second-order valence-electron chi connectivity index (χ2n) is 6.63. The van der Waals surface area contributed by atoms with Gasteiger partial charge in [-0.05, 0) is 37.4 Å². The minimum absolute atomic E-state index is 0.248. The Labute approximate surface area is 196 Å². The molecule has 0 radical (unpaired) electrons. The molecule has 1 aromatic heterocycles. The molecule has 0 atom stereocenters. The van der Waals surface area contributed by atoms with Gasteiger partial charge in [0.05, 0.1) is 43.7 Å². The highest BCUT2D eigenvalue weighted by Gasteiger charge is 2.22. The zero-order valence-electron chi connectivity index (χ0n) is 18.9. The summed E-state index contributed by atoms with van der Waals surface area (Å²) in [6.07, 6.45) is 0. The topological polar surface area (TPSA) is 95.1 Å². The second-order valence-corrected chi connectivity index (χ2v) is 7.58. The molecule has 33 heavy (non-hydrogen) atoms. The number of methoxy groups -OCH3 is 2. The molecule has 2 amide bonds. The Bertz CT molecular complexity index is 1090. The predicted octanol–water partition coefficient (Wildman–Crippen LogP) is 5.07. The largest absolute Gasteiger partial charge is 0.496 e. The number of thiophene rings is 1. The van der Waals surface area contributed by atoms with Crippen LogP contribution in [0.2, 0.25) is 0 Å². The highest BCUT2D eigenvalue weighted by atomic mass is 32.1. The molecule has 1 heterocycles. The van der Waals surface area contributed by atoms with Gasteiger partial charge in [-0.3, -0.25) is 9.59 Å². The van der Waals surface area contributed by atoms with E-state index >= 15 is 0 Å². The molecule has 0 bridgehead atoms. The summed E-state index contributed by atoms with van der Waals surface area (Å²) < 4.78 is 22.2. The van der Waals surface area contributed by atoms with Gasteiger partial charge in [0.1, 0.15) is 28.6 Å². The summed E-state index contributed by atoms with van der Waals surface area (Å²) in [6, 6.07) is 11.9. The van der Waals surface area contributed by atoms with Gasteiger partial charge < -0.3 is 29.6 Å². The SMILES string of the molecule is CCOc1cc(NC(=O)c2c(OC)cccc2OC)c(OCC)cc1NC(=O)c1cccs1. The zero-order chi connectivity index (χ0) is 23.8. The predicted molar refractivity (Wildman–Crippen MR) is 129 cm³/mol. The molecule has 8 nitrogen and oxygen atoms in total. The van der Waals surface area contributed by atoms with Crippen molar-refractivity contribution in [2.45, 2.75) is 13.8 Å². The van der Waals surface area contributed by atoms with E-state index in [0.717, 1.165) is 0 Å². The van der Waals surface area contributed by atoms with Crippen LogP contribution in [0.25, 0.3) is 0 Å². The van der Waals surface area contributed by atoms with E-state index in [-0.39, 0.29) is 11.5 Å². The van der Waals surface area contributed by atoms with E-state index < -0.39 is 5.91 Å². The number of amides is 2. The van der Waals surface area contributed by atoms with E-state index in [4.69, 9.17) is 18.9 Å². The molecule has 0 spiro atoms. The van der Waals surface area contributed by atoms with Gasteiger partial charge in [0.25, 0.3) is 11.8 Å². The average molecular weight is 471 g/mol. The number of hydrogen-bond donors (Lipinski definition) is 2. The summed E-state index contributed by atoms with van der Waals surface area (Å²) in [4.78, 5) is 26.3. The van der Waals surface area contributed by atoms with E-state index in [1.165, 1.54) is 25.6 Å². The van der Waals surface area contributed by atoms with Crippen LogP contribution in [0, 0.1) is 0 Å². The lowest BCUT2D eigenvalue weighted by Crippen LogP contribution is -2.16. The van der Waals surface area contributed by atoms with Crippen LogP contribution >= 0.6 is 11.3 Å². The number of anilines is 2. The molecule has 0 fully saturated rings. The van der Waals surface area contributed by atoms with Crippen LogP contribution < -0.4 is 29.6 Å². The first-order chi connectivity index (χ1) is 16.0. The van der Waals surface area contributed by atoms with E-state index in [1.807, 2.05) is 19.2 Å². The van der Waals surface area contributed by atoms with Crippen molar-refractivity contribution in [1.29, 1.82) is 0 Å². The average Bonchev–Trinajstić information content (AvgIpc) is 3.36. The first kappa shape index (κ1) is 23.9. The molecular weight excluding hydrogens is 444 g/mol. The van der Waals surface area contributed by atoms with Crippen LogP contribution in [0.5, 0.6) is 23.0 Å². The summed E-state index contributed by atoms with van der Waals surface area (Å²) in [6.45, 7) is 4.38. The summed E-state index contributed by atoms with van der Waals surface area (Å²) in [5.41, 5.74) is 1.07. The third-order valence-corrected chi connectivity index (χ3v) is 5.45. The zero-order valence-corrected chi connectivity index (χ0v) is 19.7. The van der Waals surface area contributed by atoms with Crippen molar-refractivity contribution in [3.63, 3.8) is 0 Å². The first-order valence-electron chi connectivity index (χ1n) is 10.3. The van der Waals surface area contributed by atoms with Gasteiger partial charge in [-0.2, -0.15) is 0 Å². The molecule has 0 aliphatic heterocycles. The lowest BCUT2D eigenvalue weighted by Gasteiger charge is -2.18. The number of carbonyl (C=O) groups is 2. The normalized spacial score (nSPS) is 10.3. The van der Waals surface area contributed by atoms with Gasteiger partial charge in [0.2, 0.25) is 0 Å². The fourth-order valence-corrected chi connectivity index (χ4v) is 3.78. The van der Waals surface area contributed by atoms with Crippen LogP contribution in [0.15, 0.2) is 47.8 Å². The van der Waals surface area contributed by atoms with Crippen molar-refractivity contribution in [3.8, 4) is 23.0 Å². The van der Waals surface area contributed by atoms with Crippen molar-refractivity contribution in [1.82, 2.24) is 0 Å². The molecule has 0 aliphatic carbocycles. The van der Waals surface area contributed by atoms with Crippen molar-refractivity contribution in [2.24, 2.45) is 0 Å². The van der Waals surface area contributed by atoms with E-state index in [9.17, 15) is 9.59 Å². The van der Waals surface area contributed by atoms with Crippen molar-refractivity contribution in [2.75, 3.05) is 38.1 Å². The number of hydrogen-bond acceptors (Lipinski definition) is 7. The lowest BCUT2D eigenvalue weighted by atomic mass is 10.1. The number of ether oxygens (including phenoxy) is 4. The molecule has 174 valence electrons. The lowest BCUT2D eigenvalue weighted by molar-refractivity contribution is 0.101. The van der Waals surface area contributed by atoms with Crippen LogP contribution in [0.3, 0.4) is 0 Å². The molecule has 0 unspecified atom stereocenters. The van der Waals surface area contributed by atoms with Crippen molar-refractivity contribution in [3.05, 3.63) is 58.3 Å². The maximum Gasteiger partial charge on any atom is 0.265 e. The van der Waals surface area contributed by atoms with Crippen LogP contribution in [-0.2, 0) is 0 Å². The molecule has 0 saturated heterocycles. The van der Waals surface area contributed by atoms with Gasteiger partial charge in [-0.1, -0.05) is 12.1 Å². The highest BCUT2D eigenvalue weighted by molar-refractivity contribution is 7.12. The van der Waals surface area contributed by atoms with Crippen molar-refractivity contribution >= 4 is 34.5 Å². The van der Waals surface area contributed by atoms with E-state index in [0.29, 0.717) is 52.5 Å². The molecule has 2 aromatic carbocycles. The summed E-state index contributed by atoms with van der Waals surface area (Å²) in [5.74, 6) is 0.814. The van der Waals surface area contributed by atoms with Crippen LogP contribution in [0.1, 0.15) is 33.9 Å². The van der Waals surface area contributed by atoms with Gasteiger partial charge in [-0.15, -0.1) is 11.3 Å². The molecule has 3 aromatic rings. The third kappa shape index (κ3) is 5.56. The van der Waals surface area contributed by atoms with Crippen LogP contribution in [0.4, 0.5) is 11.4 Å². The fraction of sp³-hybridized carbons (Fsp3) is 0.250. The standard InChI is InChI=1S/C24H26N2O6S/c1-5-31-19-14-16(26-24(28)22-17(29-3)9-7-10-18(22)30-4)20(32-6-2)13-15(19)25-23(27)21-11-8-12-33-21/h7-14H,5-6H2,1-4H3,(H,25,27)(H,26,28). The third-order valence-electron chi connectivity index (χ3n) is 4.58. The Morgan fingerprint density at radius 3 is 1.79 bits per heavy atom.